The van der Waals surface area contributed by atoms with E-state index in [9.17, 15) is 4.79 Å². The molecule has 1 aromatic heterocycles. The van der Waals surface area contributed by atoms with Crippen molar-refractivity contribution in [1.29, 1.82) is 0 Å². The molecule has 0 amide bonds. The summed E-state index contributed by atoms with van der Waals surface area (Å²) >= 11 is 5.62. The van der Waals surface area contributed by atoms with Gasteiger partial charge < -0.3 is 4.74 Å². The van der Waals surface area contributed by atoms with Gasteiger partial charge in [0, 0.05) is 5.92 Å². The molecule has 0 aromatic carbocycles. The third kappa shape index (κ3) is 2.26. The van der Waals surface area contributed by atoms with Crippen LogP contribution in [-0.2, 0) is 9.53 Å². The third-order valence-electron chi connectivity index (χ3n) is 2.40. The van der Waals surface area contributed by atoms with Crippen molar-refractivity contribution in [2.45, 2.75) is 19.3 Å². The van der Waals surface area contributed by atoms with Crippen LogP contribution >= 0.6 is 11.6 Å². The molecular formula is C10H11ClN2O2. The van der Waals surface area contributed by atoms with E-state index >= 15 is 0 Å². The Morgan fingerprint density at radius 3 is 3.00 bits per heavy atom. The highest BCUT2D eigenvalue weighted by atomic mass is 35.5. The molecule has 80 valence electrons. The first-order chi connectivity index (χ1) is 7.22. The molecular weight excluding hydrogens is 216 g/mol. The maximum absolute atomic E-state index is 11.4. The Bertz CT molecular complexity index is 366. The summed E-state index contributed by atoms with van der Waals surface area (Å²) in [5.41, 5.74) is 0.817. The Morgan fingerprint density at radius 1 is 1.60 bits per heavy atom. The van der Waals surface area contributed by atoms with Crippen LogP contribution in [0.5, 0.6) is 0 Å². The van der Waals surface area contributed by atoms with Gasteiger partial charge in [0.25, 0.3) is 0 Å². The summed E-state index contributed by atoms with van der Waals surface area (Å²) in [5.74, 6) is -0.0199. The van der Waals surface area contributed by atoms with Gasteiger partial charge in [0.2, 0.25) is 0 Å². The molecule has 0 spiro atoms. The van der Waals surface area contributed by atoms with Gasteiger partial charge in [-0.05, 0) is 13.3 Å². The van der Waals surface area contributed by atoms with Crippen LogP contribution in [-0.4, -0.2) is 22.5 Å². The van der Waals surface area contributed by atoms with Crippen molar-refractivity contribution >= 4 is 17.6 Å². The Labute approximate surface area is 92.6 Å². The molecule has 0 bridgehead atoms. The Morgan fingerprint density at radius 2 is 2.40 bits per heavy atom. The van der Waals surface area contributed by atoms with Gasteiger partial charge in [0.1, 0.15) is 5.15 Å². The number of hydrogen-bond donors (Lipinski definition) is 0. The van der Waals surface area contributed by atoms with E-state index in [1.54, 1.807) is 13.1 Å². The lowest BCUT2D eigenvalue weighted by atomic mass is 10.2. The zero-order valence-corrected chi connectivity index (χ0v) is 9.07. The van der Waals surface area contributed by atoms with Crippen LogP contribution in [0.1, 0.15) is 25.0 Å². The predicted octanol–water partition coefficient (Wildman–Crippen LogP) is 1.80. The van der Waals surface area contributed by atoms with Gasteiger partial charge in [-0.2, -0.15) is 0 Å². The Hall–Kier alpha value is -1.16. The number of carbonyl (C=O) groups is 1. The number of carbonyl (C=O) groups excluding carboxylic acids is 1. The standard InChI is InChI=1S/C10H11ClN2O2/c1-2-15-10(14)7-3-6(7)8-4-13-9(11)5-12-8/h4-7H,2-3H2,1H3/t6?,7-/m1/s1. The van der Waals surface area contributed by atoms with Crippen LogP contribution in [0, 0.1) is 5.92 Å². The molecule has 0 aliphatic heterocycles. The van der Waals surface area contributed by atoms with E-state index in [1.165, 1.54) is 6.20 Å². The normalized spacial score (nSPS) is 23.6. The minimum atomic E-state index is -0.140. The highest BCUT2D eigenvalue weighted by Crippen LogP contribution is 2.47. The van der Waals surface area contributed by atoms with Crippen LogP contribution in [0.4, 0.5) is 0 Å². The lowest BCUT2D eigenvalue weighted by Crippen LogP contribution is -2.07. The molecule has 4 nitrogen and oxygen atoms in total. The smallest absolute Gasteiger partial charge is 0.309 e. The minimum absolute atomic E-state index is 0.0413. The number of aromatic nitrogens is 2. The number of ether oxygens (including phenoxy) is 1. The van der Waals surface area contributed by atoms with Crippen molar-refractivity contribution in [3.8, 4) is 0 Å². The summed E-state index contributed by atoms with van der Waals surface area (Å²) in [6, 6.07) is 0. The summed E-state index contributed by atoms with van der Waals surface area (Å²) < 4.78 is 4.93. The average Bonchev–Trinajstić information content (AvgIpc) is 2.99. The molecule has 1 aliphatic rings. The predicted molar refractivity (Wildman–Crippen MR) is 54.5 cm³/mol. The second-order valence-corrected chi connectivity index (χ2v) is 3.85. The van der Waals surface area contributed by atoms with E-state index in [1.807, 2.05) is 0 Å². The summed E-state index contributed by atoms with van der Waals surface area (Å²) in [7, 11) is 0. The highest BCUT2D eigenvalue weighted by molar-refractivity contribution is 6.29. The van der Waals surface area contributed by atoms with Crippen molar-refractivity contribution in [2.24, 2.45) is 5.92 Å². The number of halogens is 1. The van der Waals surface area contributed by atoms with E-state index in [0.717, 1.165) is 12.1 Å². The Balaban J connectivity index is 1.98. The number of esters is 1. The first-order valence-corrected chi connectivity index (χ1v) is 5.24. The molecule has 1 fully saturated rings. The van der Waals surface area contributed by atoms with Crippen LogP contribution < -0.4 is 0 Å². The van der Waals surface area contributed by atoms with Gasteiger partial charge in [-0.25, -0.2) is 4.98 Å². The average molecular weight is 227 g/mol. The summed E-state index contributed by atoms with van der Waals surface area (Å²) in [6.07, 6.45) is 3.92. The fraction of sp³-hybridized carbons (Fsp3) is 0.500. The van der Waals surface area contributed by atoms with Crippen LogP contribution in [0.25, 0.3) is 0 Å². The minimum Gasteiger partial charge on any atom is -0.466 e. The van der Waals surface area contributed by atoms with E-state index in [-0.39, 0.29) is 17.8 Å². The molecule has 1 saturated carbocycles. The molecule has 0 radical (unpaired) electrons. The summed E-state index contributed by atoms with van der Waals surface area (Å²) in [6.45, 7) is 2.23. The molecule has 2 rings (SSSR count). The molecule has 1 aliphatic carbocycles. The van der Waals surface area contributed by atoms with Gasteiger partial charge in [-0.3, -0.25) is 9.78 Å². The van der Waals surface area contributed by atoms with Gasteiger partial charge in [-0.1, -0.05) is 11.6 Å². The van der Waals surface area contributed by atoms with Crippen LogP contribution in [0.3, 0.4) is 0 Å². The number of nitrogens with zero attached hydrogens (tertiary/aromatic N) is 2. The first kappa shape index (κ1) is 10.4. The molecule has 0 saturated heterocycles. The Kier molecular flexibility index (Phi) is 2.86. The van der Waals surface area contributed by atoms with Crippen LogP contribution in [0.2, 0.25) is 5.15 Å². The van der Waals surface area contributed by atoms with Crippen molar-refractivity contribution in [3.63, 3.8) is 0 Å². The second-order valence-electron chi connectivity index (χ2n) is 3.46. The second kappa shape index (κ2) is 4.14. The molecule has 1 heterocycles. The molecule has 1 aromatic rings. The van der Waals surface area contributed by atoms with Gasteiger partial charge in [0.15, 0.2) is 0 Å². The fourth-order valence-corrected chi connectivity index (χ4v) is 1.64. The van der Waals surface area contributed by atoms with Crippen molar-refractivity contribution in [2.75, 3.05) is 6.61 Å². The maximum atomic E-state index is 11.4. The highest BCUT2D eigenvalue weighted by Gasteiger charge is 2.46. The molecule has 1 unspecified atom stereocenters. The van der Waals surface area contributed by atoms with E-state index in [0.29, 0.717) is 11.8 Å². The zero-order chi connectivity index (χ0) is 10.8. The quantitative estimate of drug-likeness (QED) is 0.738. The molecule has 2 atom stereocenters. The molecule has 5 heteroatoms. The fourth-order valence-electron chi connectivity index (χ4n) is 1.55. The zero-order valence-electron chi connectivity index (χ0n) is 8.31. The van der Waals surface area contributed by atoms with Gasteiger partial charge in [-0.15, -0.1) is 0 Å². The monoisotopic (exact) mass is 226 g/mol. The molecule has 15 heavy (non-hydrogen) atoms. The van der Waals surface area contributed by atoms with Crippen molar-refractivity contribution in [1.82, 2.24) is 9.97 Å². The number of hydrogen-bond acceptors (Lipinski definition) is 4. The lowest BCUT2D eigenvalue weighted by Gasteiger charge is -2.00. The third-order valence-corrected chi connectivity index (χ3v) is 2.60. The van der Waals surface area contributed by atoms with Crippen LogP contribution in [0.15, 0.2) is 12.4 Å². The molecule has 0 N–H and O–H groups in total. The number of rotatable bonds is 3. The maximum Gasteiger partial charge on any atom is 0.309 e. The van der Waals surface area contributed by atoms with Gasteiger partial charge >= 0.3 is 5.97 Å². The van der Waals surface area contributed by atoms with E-state index in [2.05, 4.69) is 9.97 Å². The SMILES string of the molecule is CCOC(=O)[C@@H]1CC1c1cnc(Cl)cn1. The van der Waals surface area contributed by atoms with Crippen molar-refractivity contribution in [3.05, 3.63) is 23.2 Å². The first-order valence-electron chi connectivity index (χ1n) is 4.86. The summed E-state index contributed by atoms with van der Waals surface area (Å²) in [4.78, 5) is 19.4. The van der Waals surface area contributed by atoms with Crippen molar-refractivity contribution < 1.29 is 9.53 Å². The lowest BCUT2D eigenvalue weighted by molar-refractivity contribution is -0.144. The largest absolute Gasteiger partial charge is 0.466 e. The topological polar surface area (TPSA) is 52.1 Å². The van der Waals surface area contributed by atoms with E-state index < -0.39 is 0 Å². The van der Waals surface area contributed by atoms with E-state index in [4.69, 9.17) is 16.3 Å². The summed E-state index contributed by atoms with van der Waals surface area (Å²) in [5, 5.41) is 0.368. The van der Waals surface area contributed by atoms with Gasteiger partial charge in [0.05, 0.1) is 30.6 Å².